The second kappa shape index (κ2) is 11.0. The zero-order chi connectivity index (χ0) is 22.6. The minimum atomic E-state index is -0.396. The second-order valence-corrected chi connectivity index (χ2v) is 9.61. The van der Waals surface area contributed by atoms with Gasteiger partial charge in [-0.1, -0.05) is 38.0 Å². The molecule has 170 valence electrons. The monoisotopic (exact) mass is 514 g/mol. The van der Waals surface area contributed by atoms with Gasteiger partial charge in [0.2, 0.25) is 0 Å². The molecule has 0 N–H and O–H groups in total. The number of imidazole rings is 1. The third-order valence-corrected chi connectivity index (χ3v) is 5.86. The lowest BCUT2D eigenvalue weighted by Gasteiger charge is -2.15. The van der Waals surface area contributed by atoms with Gasteiger partial charge in [-0.05, 0) is 48.2 Å². The number of anilines is 1. The summed E-state index contributed by atoms with van der Waals surface area (Å²) in [7, 11) is 4.05. The quantitative estimate of drug-likeness (QED) is 0.274. The van der Waals surface area contributed by atoms with Gasteiger partial charge >= 0.3 is 5.82 Å². The highest BCUT2D eigenvalue weighted by molar-refractivity contribution is 7.98. The first-order chi connectivity index (χ1) is 14.7. The molecule has 1 aromatic heterocycles. The molecule has 1 heterocycles. The first-order valence-corrected chi connectivity index (χ1v) is 11.5. The molecule has 7 heteroatoms. The van der Waals surface area contributed by atoms with Gasteiger partial charge in [0, 0.05) is 30.1 Å². The second-order valence-electron chi connectivity index (χ2n) is 8.73. The number of nitrogens with zero attached hydrogens (tertiary/aromatic N) is 4. The van der Waals surface area contributed by atoms with E-state index in [1.54, 1.807) is 11.8 Å². The van der Waals surface area contributed by atoms with Crippen molar-refractivity contribution in [2.75, 3.05) is 25.3 Å². The van der Waals surface area contributed by atoms with Crippen LogP contribution in [0.25, 0.3) is 11.4 Å². The highest BCUT2D eigenvalue weighted by Crippen LogP contribution is 2.22. The maximum absolute atomic E-state index is 12.7. The van der Waals surface area contributed by atoms with E-state index in [1.807, 2.05) is 74.9 Å². The molecular weight excluding hydrogens is 484 g/mol. The Balaban J connectivity index is 0.00000363. The van der Waals surface area contributed by atoms with Crippen molar-refractivity contribution in [2.45, 2.75) is 32.2 Å². The van der Waals surface area contributed by atoms with Crippen molar-refractivity contribution in [3.63, 3.8) is 0 Å². The van der Waals surface area contributed by atoms with E-state index in [9.17, 15) is 4.79 Å². The summed E-state index contributed by atoms with van der Waals surface area (Å²) in [6.45, 7) is 6.17. The van der Waals surface area contributed by atoms with E-state index in [0.717, 1.165) is 22.6 Å². The molecule has 0 fully saturated rings. The number of aromatic nitrogens is 2. The number of thioether (sulfide) groups is 1. The van der Waals surface area contributed by atoms with E-state index >= 15 is 0 Å². The zero-order valence-electron chi connectivity index (χ0n) is 19.5. The number of Topliss-reactive ketones (excluding diaryl/α,β-unsaturated/α-hetero) is 1. The van der Waals surface area contributed by atoms with Gasteiger partial charge in [0.05, 0.1) is 11.8 Å². The van der Waals surface area contributed by atoms with Crippen LogP contribution >= 0.6 is 11.8 Å². The topological polar surface area (TPSA) is 41.5 Å². The van der Waals surface area contributed by atoms with Crippen LogP contribution in [0, 0.1) is 5.41 Å². The molecule has 0 unspecified atom stereocenters. The Labute approximate surface area is 205 Å². The number of halogens is 1. The number of carbonyl (C=O) groups excluding carboxylic acids is 1. The van der Waals surface area contributed by atoms with E-state index in [4.69, 9.17) is 5.10 Å². The summed E-state index contributed by atoms with van der Waals surface area (Å²) in [5, 5.41) is 4.70. The van der Waals surface area contributed by atoms with Crippen LogP contribution in [0.4, 0.5) is 5.69 Å². The number of rotatable bonds is 7. The van der Waals surface area contributed by atoms with E-state index in [1.165, 1.54) is 4.90 Å². The standard InChI is InChI=1S/C25H31N4OS.BrH/c1-25(2,3)23(30)18-28-15-16-29(24(28)20-9-13-22(31-6)14-10-20)26-17-19-7-11-21(12-8-19)27(4)5;/h7-17H,18H2,1-6H3;1H/q+1;/p-1. The average molecular weight is 516 g/mol. The molecule has 0 aliphatic rings. The molecule has 0 amide bonds. The molecule has 0 spiro atoms. The third-order valence-electron chi connectivity index (χ3n) is 5.12. The summed E-state index contributed by atoms with van der Waals surface area (Å²) in [6.07, 6.45) is 7.73. The van der Waals surface area contributed by atoms with Crippen molar-refractivity contribution in [2.24, 2.45) is 10.5 Å². The first-order valence-electron chi connectivity index (χ1n) is 10.3. The molecule has 0 aliphatic heterocycles. The molecule has 0 saturated carbocycles. The lowest BCUT2D eigenvalue weighted by molar-refractivity contribution is -0.673. The fourth-order valence-electron chi connectivity index (χ4n) is 3.05. The van der Waals surface area contributed by atoms with Crippen molar-refractivity contribution in [1.29, 1.82) is 0 Å². The summed E-state index contributed by atoms with van der Waals surface area (Å²) in [6, 6.07) is 16.6. The molecule has 0 atom stereocenters. The Bertz CT molecular complexity index is 1060. The number of hydrogen-bond donors (Lipinski definition) is 0. The Morgan fingerprint density at radius 3 is 2.25 bits per heavy atom. The highest BCUT2D eigenvalue weighted by Gasteiger charge is 2.27. The molecular formula is C25H31BrN4OS. The van der Waals surface area contributed by atoms with Crippen LogP contribution in [0.3, 0.4) is 0 Å². The predicted molar refractivity (Wildman–Crippen MR) is 130 cm³/mol. The number of carbonyl (C=O) groups is 1. The summed E-state index contributed by atoms with van der Waals surface area (Å²) >= 11 is 1.71. The molecule has 3 aromatic rings. The molecule has 5 nitrogen and oxygen atoms in total. The van der Waals surface area contributed by atoms with Gasteiger partial charge in [-0.15, -0.1) is 16.4 Å². The van der Waals surface area contributed by atoms with Gasteiger partial charge in [-0.2, -0.15) is 0 Å². The van der Waals surface area contributed by atoms with Crippen LogP contribution in [0.2, 0.25) is 0 Å². The van der Waals surface area contributed by atoms with Gasteiger partial charge in [-0.3, -0.25) is 4.79 Å². The average Bonchev–Trinajstić information content (AvgIpc) is 3.14. The van der Waals surface area contributed by atoms with Crippen molar-refractivity contribution >= 4 is 29.4 Å². The number of ketones is 1. The van der Waals surface area contributed by atoms with Crippen LogP contribution in [-0.2, 0) is 11.3 Å². The molecule has 0 radical (unpaired) electrons. The van der Waals surface area contributed by atoms with Crippen molar-refractivity contribution in [1.82, 2.24) is 4.68 Å². The van der Waals surface area contributed by atoms with Gasteiger partial charge < -0.3 is 21.9 Å². The van der Waals surface area contributed by atoms with E-state index < -0.39 is 5.41 Å². The zero-order valence-corrected chi connectivity index (χ0v) is 21.9. The van der Waals surface area contributed by atoms with Crippen molar-refractivity contribution in [3.8, 4) is 11.4 Å². The Hall–Kier alpha value is -2.38. The van der Waals surface area contributed by atoms with Crippen LogP contribution in [-0.4, -0.2) is 37.0 Å². The van der Waals surface area contributed by atoms with Gasteiger partial charge in [0.1, 0.15) is 12.7 Å². The molecule has 0 aliphatic carbocycles. The fourth-order valence-corrected chi connectivity index (χ4v) is 3.46. The number of hydrogen-bond acceptors (Lipinski definition) is 4. The largest absolute Gasteiger partial charge is 1.00 e. The number of benzene rings is 2. The lowest BCUT2D eigenvalue weighted by atomic mass is 9.91. The van der Waals surface area contributed by atoms with E-state index in [0.29, 0.717) is 6.54 Å². The fraction of sp³-hybridized carbons (Fsp3) is 0.320. The first kappa shape index (κ1) is 25.9. The summed E-state index contributed by atoms with van der Waals surface area (Å²) in [5.41, 5.74) is 2.78. The maximum atomic E-state index is 12.7. The van der Waals surface area contributed by atoms with Gasteiger partial charge in [0.25, 0.3) is 0 Å². The van der Waals surface area contributed by atoms with Gasteiger partial charge in [0.15, 0.2) is 12.0 Å². The van der Waals surface area contributed by atoms with E-state index in [2.05, 4.69) is 47.6 Å². The Kier molecular flexibility index (Phi) is 8.87. The Morgan fingerprint density at radius 1 is 1.09 bits per heavy atom. The summed E-state index contributed by atoms with van der Waals surface area (Å²) in [5.74, 6) is 1.06. The predicted octanol–water partition coefficient (Wildman–Crippen LogP) is 1.73. The summed E-state index contributed by atoms with van der Waals surface area (Å²) < 4.78 is 3.82. The van der Waals surface area contributed by atoms with E-state index in [-0.39, 0.29) is 22.8 Å². The molecule has 0 saturated heterocycles. The molecule has 2 aromatic carbocycles. The van der Waals surface area contributed by atoms with Crippen LogP contribution in [0.5, 0.6) is 0 Å². The van der Waals surface area contributed by atoms with Crippen molar-refractivity contribution in [3.05, 3.63) is 66.5 Å². The van der Waals surface area contributed by atoms with Crippen LogP contribution in [0.15, 0.2) is 70.9 Å². The van der Waals surface area contributed by atoms with Crippen LogP contribution in [0.1, 0.15) is 26.3 Å². The highest BCUT2D eigenvalue weighted by atomic mass is 79.9. The minimum absolute atomic E-state index is 0. The SMILES string of the molecule is CSc1ccc(-c2n(N=Cc3ccc(N(C)C)cc3)cc[n+]2CC(=O)C(C)(C)C)cc1.[Br-]. The minimum Gasteiger partial charge on any atom is -1.00 e. The van der Waals surface area contributed by atoms with Gasteiger partial charge in [-0.25, -0.2) is 4.57 Å². The molecule has 3 rings (SSSR count). The van der Waals surface area contributed by atoms with Crippen LogP contribution < -0.4 is 26.4 Å². The smallest absolute Gasteiger partial charge is 0.314 e. The summed E-state index contributed by atoms with van der Waals surface area (Å²) in [4.78, 5) is 16.0. The van der Waals surface area contributed by atoms with Crippen molar-refractivity contribution < 1.29 is 26.3 Å². The third kappa shape index (κ3) is 6.33. The maximum Gasteiger partial charge on any atom is 0.314 e. The Morgan fingerprint density at radius 2 is 1.72 bits per heavy atom. The molecule has 32 heavy (non-hydrogen) atoms. The lowest BCUT2D eigenvalue weighted by Crippen LogP contribution is -3.00. The normalized spacial score (nSPS) is 11.4. The molecule has 0 bridgehead atoms.